The molecule has 1 heterocycles. The lowest BCUT2D eigenvalue weighted by Gasteiger charge is -2.08. The van der Waals surface area contributed by atoms with E-state index < -0.39 is 5.82 Å². The molecular weight excluding hydrogens is 267 g/mol. The monoisotopic (exact) mass is 286 g/mol. The summed E-state index contributed by atoms with van der Waals surface area (Å²) in [4.78, 5) is 12.2. The lowest BCUT2D eigenvalue weighted by molar-refractivity contribution is 0.0987. The number of aryl methyl sites for hydroxylation is 1. The third-order valence-electron chi connectivity index (χ3n) is 4.13. The summed E-state index contributed by atoms with van der Waals surface area (Å²) in [6.45, 7) is 1.85. The highest BCUT2D eigenvalue weighted by molar-refractivity contribution is 5.97. The Morgan fingerprint density at radius 1 is 1.33 bits per heavy atom. The second kappa shape index (κ2) is 5.80. The summed E-state index contributed by atoms with van der Waals surface area (Å²) >= 11 is 0. The van der Waals surface area contributed by atoms with Crippen molar-refractivity contribution in [3.05, 3.63) is 53.1 Å². The molecule has 0 radical (unpaired) electrons. The van der Waals surface area contributed by atoms with Crippen LogP contribution in [0, 0.1) is 12.7 Å². The minimum Gasteiger partial charge on any atom is -0.294 e. The van der Waals surface area contributed by atoms with Crippen molar-refractivity contribution in [1.82, 2.24) is 9.78 Å². The molecule has 4 heteroatoms. The van der Waals surface area contributed by atoms with Gasteiger partial charge >= 0.3 is 0 Å². The SMILES string of the molecule is Cc1ccc(F)c(C(=O)Cc2ccn(C3CCCC3)n2)c1. The Bertz CT molecular complexity index is 657. The molecule has 3 rings (SSSR count). The van der Waals surface area contributed by atoms with Crippen LogP contribution in [0.1, 0.15) is 53.3 Å². The average molecular weight is 286 g/mol. The fraction of sp³-hybridized carbons (Fsp3) is 0.412. The summed E-state index contributed by atoms with van der Waals surface area (Å²) in [5, 5.41) is 4.48. The standard InChI is InChI=1S/C17H19FN2O/c1-12-6-7-16(18)15(10-12)17(21)11-13-8-9-20(19-13)14-4-2-3-5-14/h6-10,14H,2-5,11H2,1H3. The number of hydrogen-bond donors (Lipinski definition) is 0. The highest BCUT2D eigenvalue weighted by atomic mass is 19.1. The van der Waals surface area contributed by atoms with Crippen molar-refractivity contribution in [1.29, 1.82) is 0 Å². The number of halogens is 1. The Balaban J connectivity index is 1.74. The lowest BCUT2D eigenvalue weighted by atomic mass is 10.0. The van der Waals surface area contributed by atoms with Crippen molar-refractivity contribution in [3.8, 4) is 0 Å². The zero-order valence-corrected chi connectivity index (χ0v) is 12.2. The van der Waals surface area contributed by atoms with E-state index in [0.29, 0.717) is 11.7 Å². The van der Waals surface area contributed by atoms with Crippen LogP contribution in [-0.4, -0.2) is 15.6 Å². The van der Waals surface area contributed by atoms with Crippen LogP contribution in [0.4, 0.5) is 4.39 Å². The van der Waals surface area contributed by atoms with Crippen LogP contribution in [0.15, 0.2) is 30.5 Å². The fourth-order valence-corrected chi connectivity index (χ4v) is 2.96. The highest BCUT2D eigenvalue weighted by Gasteiger charge is 2.19. The molecule has 0 bridgehead atoms. The van der Waals surface area contributed by atoms with E-state index in [1.807, 2.05) is 23.9 Å². The average Bonchev–Trinajstić information content (AvgIpc) is 3.11. The molecule has 1 aliphatic rings. The second-order valence-electron chi connectivity index (χ2n) is 5.81. The quantitative estimate of drug-likeness (QED) is 0.800. The maximum atomic E-state index is 13.7. The Morgan fingerprint density at radius 3 is 2.86 bits per heavy atom. The van der Waals surface area contributed by atoms with Gasteiger partial charge in [-0.1, -0.05) is 24.5 Å². The minimum atomic E-state index is -0.458. The van der Waals surface area contributed by atoms with Gasteiger partial charge in [0.1, 0.15) is 5.82 Å². The molecular formula is C17H19FN2O. The third-order valence-corrected chi connectivity index (χ3v) is 4.13. The third kappa shape index (κ3) is 3.04. The van der Waals surface area contributed by atoms with Crippen LogP contribution in [0.5, 0.6) is 0 Å². The van der Waals surface area contributed by atoms with Gasteiger partial charge in [0.15, 0.2) is 5.78 Å². The topological polar surface area (TPSA) is 34.9 Å². The van der Waals surface area contributed by atoms with Gasteiger partial charge in [-0.3, -0.25) is 9.48 Å². The molecule has 1 saturated carbocycles. The number of Topliss-reactive ketones (excluding diaryl/α,β-unsaturated/α-hetero) is 1. The molecule has 1 aliphatic carbocycles. The molecule has 2 aromatic rings. The summed E-state index contributed by atoms with van der Waals surface area (Å²) in [6.07, 6.45) is 6.88. The van der Waals surface area contributed by atoms with Crippen LogP contribution in [0.25, 0.3) is 0 Å². The van der Waals surface area contributed by atoms with Crippen molar-refractivity contribution in [2.45, 2.75) is 45.1 Å². The molecule has 110 valence electrons. The van der Waals surface area contributed by atoms with Crippen molar-refractivity contribution < 1.29 is 9.18 Å². The van der Waals surface area contributed by atoms with Gasteiger partial charge in [-0.25, -0.2) is 4.39 Å². The van der Waals surface area contributed by atoms with Crippen LogP contribution >= 0.6 is 0 Å². The number of nitrogens with zero attached hydrogens (tertiary/aromatic N) is 2. The van der Waals surface area contributed by atoms with Gasteiger partial charge in [-0.2, -0.15) is 5.10 Å². The number of carbonyl (C=O) groups excluding carboxylic acids is 1. The second-order valence-corrected chi connectivity index (χ2v) is 5.81. The summed E-state index contributed by atoms with van der Waals surface area (Å²) in [7, 11) is 0. The predicted molar refractivity (Wildman–Crippen MR) is 78.9 cm³/mol. The summed E-state index contributed by atoms with van der Waals surface area (Å²) in [6, 6.07) is 6.94. The normalized spacial score (nSPS) is 15.5. The Hall–Kier alpha value is -1.97. The van der Waals surface area contributed by atoms with E-state index in [2.05, 4.69) is 5.10 Å². The fourth-order valence-electron chi connectivity index (χ4n) is 2.96. The summed E-state index contributed by atoms with van der Waals surface area (Å²) in [5.74, 6) is -0.673. The van der Waals surface area contributed by atoms with Crippen LogP contribution in [0.2, 0.25) is 0 Å². The molecule has 0 aliphatic heterocycles. The molecule has 1 aromatic carbocycles. The molecule has 0 atom stereocenters. The highest BCUT2D eigenvalue weighted by Crippen LogP contribution is 2.28. The Labute approximate surface area is 123 Å². The number of hydrogen-bond acceptors (Lipinski definition) is 2. The van der Waals surface area contributed by atoms with E-state index in [4.69, 9.17) is 0 Å². The maximum Gasteiger partial charge on any atom is 0.171 e. The Morgan fingerprint density at radius 2 is 2.10 bits per heavy atom. The number of ketones is 1. The lowest BCUT2D eigenvalue weighted by Crippen LogP contribution is -2.09. The number of rotatable bonds is 4. The van der Waals surface area contributed by atoms with E-state index in [9.17, 15) is 9.18 Å². The van der Waals surface area contributed by atoms with Crippen molar-refractivity contribution in [2.75, 3.05) is 0 Å². The first-order valence-electron chi connectivity index (χ1n) is 7.47. The van der Waals surface area contributed by atoms with Gasteiger partial charge in [0.25, 0.3) is 0 Å². The van der Waals surface area contributed by atoms with Gasteiger partial charge in [0, 0.05) is 6.20 Å². The molecule has 0 N–H and O–H groups in total. The van der Waals surface area contributed by atoms with Gasteiger partial charge in [0.2, 0.25) is 0 Å². The van der Waals surface area contributed by atoms with Crippen LogP contribution in [-0.2, 0) is 6.42 Å². The summed E-state index contributed by atoms with van der Waals surface area (Å²) < 4.78 is 15.7. The zero-order valence-electron chi connectivity index (χ0n) is 12.2. The number of benzene rings is 1. The van der Waals surface area contributed by atoms with Gasteiger partial charge in [-0.15, -0.1) is 0 Å². The first-order chi connectivity index (χ1) is 10.1. The molecule has 0 saturated heterocycles. The largest absolute Gasteiger partial charge is 0.294 e. The van der Waals surface area contributed by atoms with E-state index in [0.717, 1.165) is 18.4 Å². The molecule has 21 heavy (non-hydrogen) atoms. The van der Waals surface area contributed by atoms with E-state index in [1.165, 1.54) is 18.9 Å². The number of aromatic nitrogens is 2. The minimum absolute atomic E-state index is 0.153. The molecule has 0 spiro atoms. The Kier molecular flexibility index (Phi) is 3.86. The van der Waals surface area contributed by atoms with Gasteiger partial charge in [-0.05, 0) is 38.0 Å². The molecule has 0 amide bonds. The first kappa shape index (κ1) is 14.0. The summed E-state index contributed by atoms with van der Waals surface area (Å²) in [5.41, 5.74) is 1.76. The van der Waals surface area contributed by atoms with Crippen molar-refractivity contribution in [3.63, 3.8) is 0 Å². The number of carbonyl (C=O) groups is 1. The molecule has 3 nitrogen and oxygen atoms in total. The van der Waals surface area contributed by atoms with Crippen LogP contribution in [0.3, 0.4) is 0 Å². The smallest absolute Gasteiger partial charge is 0.171 e. The molecule has 0 unspecified atom stereocenters. The van der Waals surface area contributed by atoms with E-state index in [-0.39, 0.29) is 17.8 Å². The molecule has 1 fully saturated rings. The van der Waals surface area contributed by atoms with Gasteiger partial charge < -0.3 is 0 Å². The van der Waals surface area contributed by atoms with Crippen molar-refractivity contribution in [2.24, 2.45) is 0 Å². The first-order valence-corrected chi connectivity index (χ1v) is 7.47. The molecule has 1 aromatic heterocycles. The predicted octanol–water partition coefficient (Wildman–Crippen LogP) is 3.87. The zero-order chi connectivity index (χ0) is 14.8. The van der Waals surface area contributed by atoms with E-state index >= 15 is 0 Å². The van der Waals surface area contributed by atoms with Crippen LogP contribution < -0.4 is 0 Å². The maximum absolute atomic E-state index is 13.7. The van der Waals surface area contributed by atoms with Gasteiger partial charge in [0.05, 0.1) is 23.7 Å². The van der Waals surface area contributed by atoms with Crippen molar-refractivity contribution >= 4 is 5.78 Å². The van der Waals surface area contributed by atoms with E-state index in [1.54, 1.807) is 12.1 Å².